The third-order valence-electron chi connectivity index (χ3n) is 2.80. The molecule has 0 aliphatic rings. The van der Waals surface area contributed by atoms with Crippen molar-refractivity contribution < 1.29 is 22.8 Å². The number of halogens is 6. The third-order valence-corrected chi connectivity index (χ3v) is 5.61. The number of nitrogens with two attached hydrogens (primary N) is 1. The highest BCUT2D eigenvalue weighted by Gasteiger charge is 2.10. The average molecular weight is 625 g/mol. The minimum absolute atomic E-state index is 0.201. The molecule has 3 aromatic rings. The van der Waals surface area contributed by atoms with Gasteiger partial charge in [-0.2, -0.15) is 0 Å². The van der Waals surface area contributed by atoms with Gasteiger partial charge < -0.3 is 10.2 Å². The lowest BCUT2D eigenvalue weighted by Crippen LogP contribution is -2.11. The molecule has 0 fully saturated rings. The minimum Gasteiger partial charge on any atom is -0.394 e. The van der Waals surface area contributed by atoms with E-state index in [0.29, 0.717) is 25.5 Å². The first-order valence-corrected chi connectivity index (χ1v) is 11.6. The van der Waals surface area contributed by atoms with Gasteiger partial charge in [0.2, 0.25) is 11.8 Å². The van der Waals surface area contributed by atoms with Crippen molar-refractivity contribution in [3.05, 3.63) is 72.3 Å². The molecule has 0 atom stereocenters. The van der Waals surface area contributed by atoms with Gasteiger partial charge in [-0.05, 0) is 90.5 Å². The number of carbonyl (C=O) groups excluding carboxylic acids is 2. The van der Waals surface area contributed by atoms with Crippen LogP contribution in [0.25, 0.3) is 11.5 Å². The number of aromatic nitrogens is 1. The van der Waals surface area contributed by atoms with Crippen LogP contribution in [0.15, 0.2) is 54.6 Å². The Kier molecular flexibility index (Phi) is 11.7. The number of amides is 1. The number of nitrogens with zero attached hydrogens (tertiary/aromatic N) is 1. The van der Waals surface area contributed by atoms with E-state index in [1.54, 1.807) is 0 Å². The highest BCUT2D eigenvalue weighted by molar-refractivity contribution is 9.10. The quantitative estimate of drug-likeness (QED) is 0.323. The fourth-order valence-corrected chi connectivity index (χ4v) is 3.13. The summed E-state index contributed by atoms with van der Waals surface area (Å²) in [5, 5.41) is 0. The molecule has 1 amide bonds. The minimum atomic E-state index is -0.591. The van der Waals surface area contributed by atoms with Crippen LogP contribution < -0.4 is 10.7 Å². The smallest absolute Gasteiger partial charge is 0.394 e. The lowest BCUT2D eigenvalue weighted by atomic mass is 10.2. The summed E-state index contributed by atoms with van der Waals surface area (Å²) in [4.78, 5) is 30.3. The molecule has 0 aliphatic heterocycles. The zero-order chi connectivity index (χ0) is 22.8. The largest absolute Gasteiger partial charge is 0.414 e. The van der Waals surface area contributed by atoms with Crippen molar-refractivity contribution in [2.45, 2.75) is 0 Å². The van der Waals surface area contributed by atoms with Gasteiger partial charge in [-0.15, -0.1) is 4.37 Å². The van der Waals surface area contributed by atoms with Gasteiger partial charge in [0.1, 0.15) is 11.6 Å². The summed E-state index contributed by atoms with van der Waals surface area (Å²) in [6.07, 6.45) is 0. The van der Waals surface area contributed by atoms with E-state index in [-0.39, 0.29) is 17.3 Å². The predicted octanol–water partition coefficient (Wildman–Crippen LogP) is 6.58. The van der Waals surface area contributed by atoms with E-state index in [1.165, 1.54) is 36.4 Å². The maximum Gasteiger partial charge on any atom is 0.414 e. The van der Waals surface area contributed by atoms with Crippen LogP contribution in [0.4, 0.5) is 13.6 Å². The molecule has 160 valence electrons. The Bertz CT molecular complexity index is 1100. The number of benzene rings is 2. The number of carbonyl (C=O) groups is 2. The molecule has 14 heteroatoms. The Morgan fingerprint density at radius 3 is 2.03 bits per heavy atom. The molecule has 0 spiro atoms. The van der Waals surface area contributed by atoms with Crippen LogP contribution in [0.5, 0.6) is 0 Å². The Labute approximate surface area is 202 Å². The maximum absolute atomic E-state index is 12.7. The monoisotopic (exact) mass is 622 g/mol. The number of hydrogen-bond acceptors (Lipinski definition) is 7. The summed E-state index contributed by atoms with van der Waals surface area (Å²) in [5.74, 6) is -1.14. The molecule has 0 unspecified atom stereocenters. The number of primary amides is 1. The zero-order valence-electron chi connectivity index (χ0n) is 14.2. The van der Waals surface area contributed by atoms with Crippen molar-refractivity contribution in [1.29, 1.82) is 0 Å². The Hall–Kier alpha value is -1.31. The fourth-order valence-electron chi connectivity index (χ4n) is 1.65. The molecule has 30 heavy (non-hydrogen) atoms. The predicted molar refractivity (Wildman–Crippen MR) is 121 cm³/mol. The maximum atomic E-state index is 12.7. The molecular formula is C16H8Br2Cl2F2N2O4S2. The second-order valence-corrected chi connectivity index (χ2v) is 8.73. The van der Waals surface area contributed by atoms with E-state index in [2.05, 4.69) is 47.8 Å². The van der Waals surface area contributed by atoms with Crippen molar-refractivity contribution in [2.75, 3.05) is 0 Å². The van der Waals surface area contributed by atoms with E-state index < -0.39 is 21.2 Å². The summed E-state index contributed by atoms with van der Waals surface area (Å²) >= 11 is 11.5. The van der Waals surface area contributed by atoms with Gasteiger partial charge in [0.25, 0.3) is 4.57 Å². The normalized spacial score (nSPS) is 9.67. The Balaban J connectivity index is 0.000000251. The topological polar surface area (TPSA) is 103 Å². The van der Waals surface area contributed by atoms with Crippen molar-refractivity contribution >= 4 is 87.1 Å². The van der Waals surface area contributed by atoms with Crippen molar-refractivity contribution in [1.82, 2.24) is 4.37 Å². The van der Waals surface area contributed by atoms with E-state index in [4.69, 9.17) is 20.8 Å². The van der Waals surface area contributed by atoms with Crippen LogP contribution in [-0.2, 0) is 0 Å². The first kappa shape index (κ1) is 26.7. The fraction of sp³-hybridized carbons (Fsp3) is 0. The molecule has 0 saturated carbocycles. The van der Waals surface area contributed by atoms with Crippen molar-refractivity contribution in [2.24, 2.45) is 5.73 Å². The van der Waals surface area contributed by atoms with Crippen LogP contribution >= 0.6 is 76.7 Å². The van der Waals surface area contributed by atoms with Gasteiger partial charge in [0.05, 0.1) is 22.7 Å². The third kappa shape index (κ3) is 9.23. The highest BCUT2D eigenvalue weighted by atomic mass is 79.9. The van der Waals surface area contributed by atoms with Gasteiger partial charge in [-0.25, -0.2) is 13.6 Å². The molecule has 1 heterocycles. The van der Waals surface area contributed by atoms with Gasteiger partial charge in [-0.3, -0.25) is 9.59 Å². The lowest BCUT2D eigenvalue weighted by molar-refractivity contribution is 0.0999. The number of rotatable bonds is 2. The van der Waals surface area contributed by atoms with Crippen LogP contribution in [0.2, 0.25) is 0 Å². The van der Waals surface area contributed by atoms with Gasteiger partial charge in [-0.1, -0.05) is 0 Å². The highest BCUT2D eigenvalue weighted by Crippen LogP contribution is 2.27. The molecule has 0 saturated heterocycles. The van der Waals surface area contributed by atoms with E-state index in [0.717, 1.165) is 11.5 Å². The molecule has 0 bridgehead atoms. The first-order chi connectivity index (χ1) is 14.0. The van der Waals surface area contributed by atoms with E-state index >= 15 is 0 Å². The molecule has 2 N–H and O–H groups in total. The van der Waals surface area contributed by atoms with E-state index in [1.807, 2.05) is 0 Å². The summed E-state index contributed by atoms with van der Waals surface area (Å²) in [6, 6.07) is 7.78. The van der Waals surface area contributed by atoms with Crippen LogP contribution in [0.3, 0.4) is 0 Å². The molecule has 6 nitrogen and oxygen atoms in total. The Morgan fingerprint density at radius 1 is 1.10 bits per heavy atom. The molecule has 0 radical (unpaired) electrons. The second kappa shape index (κ2) is 13.2. The van der Waals surface area contributed by atoms with Crippen molar-refractivity contribution in [3.8, 4) is 11.5 Å². The van der Waals surface area contributed by atoms with E-state index in [9.17, 15) is 23.2 Å². The average Bonchev–Trinajstić information content (AvgIpc) is 3.08. The van der Waals surface area contributed by atoms with Crippen LogP contribution in [0, 0.1) is 11.6 Å². The van der Waals surface area contributed by atoms with Crippen LogP contribution in [0.1, 0.15) is 10.4 Å². The molecular weight excluding hydrogens is 617 g/mol. The summed E-state index contributed by atoms with van der Waals surface area (Å²) in [5.41, 5.74) is 5.82. The van der Waals surface area contributed by atoms with Crippen molar-refractivity contribution in [3.63, 3.8) is 0 Å². The Morgan fingerprint density at radius 2 is 1.63 bits per heavy atom. The second-order valence-electron chi connectivity index (χ2n) is 4.77. The summed E-state index contributed by atoms with van der Waals surface area (Å²) < 4.78 is 34.0. The SMILES string of the molecule is NC(=O)c1ccc(F)cc1Br.O=C(Cl)SCl.O=c1oc(-c2ccc(F)cc2Br)ns1. The standard InChI is InChI=1S/C8H3BrFNO2S.C7H5BrFNO.CCl2OS/c9-6-3-4(10)1-2-5(6)7-11-14-8(12)13-7;8-6-3-4(9)1-2-5(6)7(10)11;2-1(4)5-3/h1-3H;1-3H,(H2,10,11);. The number of hydrogen-bond donors (Lipinski definition) is 1. The van der Waals surface area contributed by atoms with Crippen LogP contribution in [-0.4, -0.2) is 14.9 Å². The van der Waals surface area contributed by atoms with Gasteiger partial charge in [0.15, 0.2) is 0 Å². The molecule has 2 aromatic carbocycles. The van der Waals surface area contributed by atoms with Gasteiger partial charge in [0, 0.05) is 19.9 Å². The molecule has 1 aromatic heterocycles. The summed E-state index contributed by atoms with van der Waals surface area (Å²) in [7, 11) is 5.25. The molecule has 0 aliphatic carbocycles. The molecule has 3 rings (SSSR count). The van der Waals surface area contributed by atoms with Gasteiger partial charge >= 0.3 is 4.94 Å². The first-order valence-electron chi connectivity index (χ1n) is 7.20. The zero-order valence-corrected chi connectivity index (χ0v) is 20.5. The lowest BCUT2D eigenvalue weighted by Gasteiger charge is -1.97. The summed E-state index contributed by atoms with van der Waals surface area (Å²) in [6.45, 7) is 0.